The molecule has 0 atom stereocenters. The molecule has 1 heterocycles. The molecule has 17 heavy (non-hydrogen) atoms. The number of benzene rings is 1. The van der Waals surface area contributed by atoms with Crippen LogP contribution >= 0.6 is 39.3 Å². The minimum Gasteiger partial charge on any atom is -0.339 e. The van der Waals surface area contributed by atoms with Crippen molar-refractivity contribution < 1.29 is 0 Å². The van der Waals surface area contributed by atoms with Crippen LogP contribution in [0.5, 0.6) is 0 Å². The van der Waals surface area contributed by atoms with Crippen LogP contribution in [-0.2, 0) is 0 Å². The summed E-state index contributed by atoms with van der Waals surface area (Å²) in [5.74, 6) is 0.656. The van der Waals surface area contributed by atoms with Crippen LogP contribution in [0.2, 0.25) is 5.15 Å². The third-order valence-corrected chi connectivity index (χ3v) is 4.07. The van der Waals surface area contributed by atoms with E-state index in [0.29, 0.717) is 15.4 Å². The van der Waals surface area contributed by atoms with Crippen LogP contribution in [0, 0.1) is 0 Å². The number of hydrogen-bond acceptors (Lipinski definition) is 4. The second kappa shape index (κ2) is 5.71. The van der Waals surface area contributed by atoms with Crippen molar-refractivity contribution in [2.45, 2.75) is 4.90 Å². The molecule has 1 N–H and O–H groups in total. The average Bonchev–Trinajstić information content (AvgIpc) is 2.35. The summed E-state index contributed by atoms with van der Waals surface area (Å²) in [4.78, 5) is 9.19. The predicted molar refractivity (Wildman–Crippen MR) is 76.2 cm³/mol. The van der Waals surface area contributed by atoms with Crippen molar-refractivity contribution in [1.29, 1.82) is 0 Å². The first-order chi connectivity index (χ1) is 8.20. The van der Waals surface area contributed by atoms with Crippen LogP contribution in [0.1, 0.15) is 0 Å². The van der Waals surface area contributed by atoms with Gasteiger partial charge in [0.1, 0.15) is 17.3 Å². The lowest BCUT2D eigenvalue weighted by atomic mass is 10.3. The van der Waals surface area contributed by atoms with E-state index in [9.17, 15) is 0 Å². The lowest BCUT2D eigenvalue weighted by Gasteiger charge is -2.08. The molecule has 2 rings (SSSR count). The number of thioether (sulfide) groups is 1. The van der Waals surface area contributed by atoms with Gasteiger partial charge in [0.25, 0.3) is 0 Å². The highest BCUT2D eigenvalue weighted by Crippen LogP contribution is 2.29. The van der Waals surface area contributed by atoms with Crippen LogP contribution in [0.15, 0.2) is 40.0 Å². The normalized spacial score (nSPS) is 10.3. The van der Waals surface area contributed by atoms with E-state index < -0.39 is 0 Å². The lowest BCUT2D eigenvalue weighted by molar-refractivity contribution is 1.15. The first-order valence-electron chi connectivity index (χ1n) is 4.78. The van der Waals surface area contributed by atoms with E-state index in [-0.39, 0.29) is 0 Å². The minimum absolute atomic E-state index is 0.392. The van der Waals surface area contributed by atoms with Crippen molar-refractivity contribution >= 4 is 50.8 Å². The number of rotatable bonds is 3. The molecule has 0 saturated carbocycles. The predicted octanol–water partition coefficient (Wildman–Crippen LogP) is 4.36. The summed E-state index contributed by atoms with van der Waals surface area (Å²) in [6.07, 6.45) is 3.46. The minimum atomic E-state index is 0.392. The molecule has 0 radical (unpaired) electrons. The van der Waals surface area contributed by atoms with E-state index in [1.807, 2.05) is 24.5 Å². The summed E-state index contributed by atoms with van der Waals surface area (Å²) in [6.45, 7) is 0. The maximum Gasteiger partial charge on any atom is 0.149 e. The molecule has 3 nitrogen and oxygen atoms in total. The standard InChI is InChI=1S/C11H9BrClN3S/c1-17-8-4-2-3-7(5-8)16-11-9(12)10(13)14-6-15-11/h2-6H,1H3,(H,14,15,16). The number of nitrogens with zero attached hydrogens (tertiary/aromatic N) is 2. The zero-order chi connectivity index (χ0) is 12.3. The summed E-state index contributed by atoms with van der Waals surface area (Å²) >= 11 is 10.9. The van der Waals surface area contributed by atoms with Crippen molar-refractivity contribution in [3.05, 3.63) is 40.2 Å². The number of halogens is 2. The van der Waals surface area contributed by atoms with Crippen LogP contribution in [-0.4, -0.2) is 16.2 Å². The van der Waals surface area contributed by atoms with Gasteiger partial charge in [-0.1, -0.05) is 17.7 Å². The van der Waals surface area contributed by atoms with Gasteiger partial charge in [-0.25, -0.2) is 9.97 Å². The molecule has 88 valence electrons. The Bertz CT molecular complexity index is 536. The van der Waals surface area contributed by atoms with Crippen molar-refractivity contribution in [3.8, 4) is 0 Å². The van der Waals surface area contributed by atoms with Gasteiger partial charge in [-0.05, 0) is 40.4 Å². The van der Waals surface area contributed by atoms with E-state index >= 15 is 0 Å². The summed E-state index contributed by atoms with van der Waals surface area (Å²) in [5, 5.41) is 3.58. The molecule has 0 spiro atoms. The molecule has 1 aromatic carbocycles. The highest BCUT2D eigenvalue weighted by Gasteiger charge is 2.06. The SMILES string of the molecule is CSc1cccc(Nc2ncnc(Cl)c2Br)c1. The molecule has 0 aliphatic carbocycles. The molecule has 0 aliphatic heterocycles. The van der Waals surface area contributed by atoms with Crippen molar-refractivity contribution in [2.24, 2.45) is 0 Å². The Labute approximate surface area is 117 Å². The zero-order valence-corrected chi connectivity index (χ0v) is 12.1. The maximum absolute atomic E-state index is 5.90. The molecular formula is C11H9BrClN3S. The molecule has 0 amide bonds. The van der Waals surface area contributed by atoms with E-state index in [0.717, 1.165) is 5.69 Å². The second-order valence-corrected chi connectivity index (χ2v) is 5.21. The Morgan fingerprint density at radius 1 is 1.35 bits per heavy atom. The highest BCUT2D eigenvalue weighted by molar-refractivity contribution is 9.10. The van der Waals surface area contributed by atoms with Crippen LogP contribution in [0.4, 0.5) is 11.5 Å². The summed E-state index contributed by atoms with van der Waals surface area (Å²) < 4.78 is 0.663. The monoisotopic (exact) mass is 329 g/mol. The van der Waals surface area contributed by atoms with Gasteiger partial charge in [-0.2, -0.15) is 0 Å². The topological polar surface area (TPSA) is 37.8 Å². The first kappa shape index (κ1) is 12.7. The zero-order valence-electron chi connectivity index (χ0n) is 8.95. The van der Waals surface area contributed by atoms with Gasteiger partial charge in [0, 0.05) is 10.6 Å². The Morgan fingerprint density at radius 3 is 2.94 bits per heavy atom. The van der Waals surface area contributed by atoms with Gasteiger partial charge in [0.15, 0.2) is 0 Å². The Hall–Kier alpha value is -0.780. The van der Waals surface area contributed by atoms with Gasteiger partial charge in [0.05, 0.1) is 4.47 Å². The number of anilines is 2. The molecule has 0 aliphatic rings. The third-order valence-electron chi connectivity index (χ3n) is 2.08. The molecule has 0 unspecified atom stereocenters. The van der Waals surface area contributed by atoms with Gasteiger partial charge < -0.3 is 5.32 Å². The van der Waals surface area contributed by atoms with Crippen molar-refractivity contribution in [1.82, 2.24) is 9.97 Å². The Kier molecular flexibility index (Phi) is 4.25. The number of aromatic nitrogens is 2. The molecule has 0 bridgehead atoms. The van der Waals surface area contributed by atoms with E-state index in [2.05, 4.69) is 37.3 Å². The van der Waals surface area contributed by atoms with Crippen LogP contribution in [0.3, 0.4) is 0 Å². The highest BCUT2D eigenvalue weighted by atomic mass is 79.9. The molecule has 1 aromatic heterocycles. The molecule has 6 heteroatoms. The van der Waals surface area contributed by atoms with E-state index in [1.54, 1.807) is 11.8 Å². The number of hydrogen-bond donors (Lipinski definition) is 1. The number of nitrogens with one attached hydrogen (secondary N) is 1. The summed E-state index contributed by atoms with van der Waals surface area (Å²) in [6, 6.07) is 8.07. The van der Waals surface area contributed by atoms with Gasteiger partial charge >= 0.3 is 0 Å². The second-order valence-electron chi connectivity index (χ2n) is 3.18. The Balaban J connectivity index is 2.28. The van der Waals surface area contributed by atoms with Crippen molar-refractivity contribution in [3.63, 3.8) is 0 Å². The summed E-state index contributed by atoms with van der Waals surface area (Å²) in [7, 11) is 0. The van der Waals surface area contributed by atoms with Crippen LogP contribution < -0.4 is 5.32 Å². The summed E-state index contributed by atoms with van der Waals surface area (Å²) in [5.41, 5.74) is 0.965. The van der Waals surface area contributed by atoms with Gasteiger partial charge in [-0.3, -0.25) is 0 Å². The molecule has 0 fully saturated rings. The molecule has 0 saturated heterocycles. The third kappa shape index (κ3) is 3.12. The molecule has 2 aromatic rings. The van der Waals surface area contributed by atoms with Crippen molar-refractivity contribution in [2.75, 3.05) is 11.6 Å². The quantitative estimate of drug-likeness (QED) is 0.670. The lowest BCUT2D eigenvalue weighted by Crippen LogP contribution is -1.96. The van der Waals surface area contributed by atoms with Gasteiger partial charge in [-0.15, -0.1) is 11.8 Å². The smallest absolute Gasteiger partial charge is 0.149 e. The van der Waals surface area contributed by atoms with E-state index in [1.165, 1.54) is 11.2 Å². The average molecular weight is 331 g/mol. The van der Waals surface area contributed by atoms with E-state index in [4.69, 9.17) is 11.6 Å². The molecular weight excluding hydrogens is 322 g/mol. The fraction of sp³-hybridized carbons (Fsp3) is 0.0909. The fourth-order valence-corrected chi connectivity index (χ4v) is 2.17. The first-order valence-corrected chi connectivity index (χ1v) is 7.17. The van der Waals surface area contributed by atoms with Crippen LogP contribution in [0.25, 0.3) is 0 Å². The Morgan fingerprint density at radius 2 is 2.18 bits per heavy atom. The largest absolute Gasteiger partial charge is 0.339 e. The fourth-order valence-electron chi connectivity index (χ4n) is 1.27. The maximum atomic E-state index is 5.90. The van der Waals surface area contributed by atoms with Gasteiger partial charge in [0.2, 0.25) is 0 Å².